The van der Waals surface area contributed by atoms with Gasteiger partial charge in [0, 0.05) is 0 Å². The molecule has 0 bridgehead atoms. The Labute approximate surface area is 214 Å². The first-order valence-corrected chi connectivity index (χ1v) is 20.8. The molecule has 0 saturated carbocycles. The lowest BCUT2D eigenvalue weighted by Gasteiger charge is -2.51. The van der Waals surface area contributed by atoms with E-state index in [4.69, 9.17) is 11.1 Å². The molecule has 0 aromatic carbocycles. The maximum absolute atomic E-state index is 8.15. The van der Waals surface area contributed by atoms with Gasteiger partial charge in [-0.25, -0.2) is 0 Å². The minimum atomic E-state index is -2.04. The molecule has 0 aromatic heterocycles. The lowest BCUT2D eigenvalue weighted by molar-refractivity contribution is 0.705. The number of rotatable bonds is 6. The van der Waals surface area contributed by atoms with Crippen LogP contribution < -0.4 is 0 Å². The molecule has 0 unspecified atom stereocenters. The Morgan fingerprint density at radius 3 is 0.594 bits per heavy atom. The van der Waals surface area contributed by atoms with Crippen molar-refractivity contribution in [2.45, 2.75) is 156 Å². The number of hydrogen-bond donors (Lipinski definition) is 0. The van der Waals surface area contributed by atoms with E-state index >= 15 is 0 Å². The van der Waals surface area contributed by atoms with Gasteiger partial charge in [0.05, 0.1) is 0 Å². The zero-order valence-corrected chi connectivity index (χ0v) is 29.8. The summed E-state index contributed by atoms with van der Waals surface area (Å²) in [5, 5.41) is 2.00. The first kappa shape index (κ1) is 33.8. The van der Waals surface area contributed by atoms with Gasteiger partial charge in [0.1, 0.15) is 0 Å². The normalized spacial score (nSPS) is 15.9. The summed E-state index contributed by atoms with van der Waals surface area (Å²) in [7, 11) is -2.59. The second-order valence-electron chi connectivity index (χ2n) is 15.9. The van der Waals surface area contributed by atoms with E-state index in [1.54, 1.807) is 0 Å². The van der Waals surface area contributed by atoms with Crippen molar-refractivity contribution < 1.29 is 0 Å². The Balaban J connectivity index is 6.68. The summed E-state index contributed by atoms with van der Waals surface area (Å²) in [5.74, 6) is 3.94. The van der Waals surface area contributed by atoms with E-state index in [0.29, 0.717) is 30.9 Å². The molecule has 0 radical (unpaired) electrons. The Morgan fingerprint density at radius 2 is 0.500 bits per heavy atom. The van der Waals surface area contributed by atoms with Crippen LogP contribution in [0.2, 0.25) is 0 Å². The van der Waals surface area contributed by atoms with Crippen LogP contribution in [0, 0.1) is 0 Å². The van der Waals surface area contributed by atoms with Crippen molar-refractivity contribution in [3.05, 3.63) is 0 Å². The van der Waals surface area contributed by atoms with Crippen LogP contribution in [0.4, 0.5) is 0 Å². The van der Waals surface area contributed by atoms with Gasteiger partial charge in [-0.15, -0.1) is 0 Å². The summed E-state index contributed by atoms with van der Waals surface area (Å²) in [4.78, 5) is 0. The number of hydrogen-bond acceptors (Lipinski definition) is 0. The van der Waals surface area contributed by atoms with Crippen molar-refractivity contribution in [2.24, 2.45) is 0 Å². The van der Waals surface area contributed by atoms with E-state index in [1.807, 2.05) is 0 Å². The molecule has 0 atom stereocenters. The molecular formula is C27H60ClP3Si. The third-order valence-corrected chi connectivity index (χ3v) is 29.7. The van der Waals surface area contributed by atoms with E-state index in [9.17, 15) is 0 Å². The molecule has 0 saturated heterocycles. The van der Waals surface area contributed by atoms with Gasteiger partial charge >= 0.3 is 0 Å². The average molecular weight is 541 g/mol. The first-order valence-electron chi connectivity index (χ1n) is 12.5. The summed E-state index contributed by atoms with van der Waals surface area (Å²) in [6.45, 7) is 44.5. The largest absolute Gasteiger partial charge is 0.169 e. The molecule has 0 amide bonds. The van der Waals surface area contributed by atoms with Crippen molar-refractivity contribution in [2.75, 3.05) is 17.4 Å². The molecule has 0 heterocycles. The Bertz CT molecular complexity index is 464. The SMILES string of the molecule is CC(C)(C)P(C[Si](Cl)(CP(C(C)(C)C)C(C)(C)C)CP(C(C)(C)C)C(C)(C)C)C(C)(C)C. The molecule has 0 fully saturated rings. The summed E-state index contributed by atoms with van der Waals surface area (Å²) in [6, 6.07) is 0. The van der Waals surface area contributed by atoms with E-state index < -0.39 is 7.38 Å². The molecule has 0 N–H and O–H groups in total. The van der Waals surface area contributed by atoms with Gasteiger partial charge in [-0.05, 0) is 48.3 Å². The molecule has 0 spiro atoms. The predicted molar refractivity (Wildman–Crippen MR) is 165 cm³/mol. The van der Waals surface area contributed by atoms with Crippen LogP contribution in [0.5, 0.6) is 0 Å². The van der Waals surface area contributed by atoms with E-state index in [1.165, 1.54) is 17.4 Å². The van der Waals surface area contributed by atoms with E-state index in [0.717, 1.165) is 0 Å². The van der Waals surface area contributed by atoms with Gasteiger partial charge in [-0.1, -0.05) is 148 Å². The van der Waals surface area contributed by atoms with Crippen LogP contribution in [0.3, 0.4) is 0 Å². The summed E-state index contributed by atoms with van der Waals surface area (Å²) in [6.07, 6.45) is 0. The highest BCUT2D eigenvalue weighted by Gasteiger charge is 2.50. The van der Waals surface area contributed by atoms with Gasteiger partial charge in [-0.3, -0.25) is 0 Å². The van der Waals surface area contributed by atoms with Crippen molar-refractivity contribution in [3.63, 3.8) is 0 Å². The lowest BCUT2D eigenvalue weighted by atomic mass is 10.2. The highest BCUT2D eigenvalue weighted by molar-refractivity contribution is 7.73. The molecule has 32 heavy (non-hydrogen) atoms. The summed E-state index contributed by atoms with van der Waals surface area (Å²) >= 11 is 8.15. The molecule has 0 rings (SSSR count). The number of halogens is 1. The minimum absolute atomic E-state index is 0.185. The standard InChI is InChI=1S/C27H60ClP3Si/c1-22(2,3)29(23(4,5)6)19-32(28,20-30(24(7,8)9)25(10,11)12)21-31(26(13,14)15)27(16,17)18/h19-21H2,1-18H3. The van der Waals surface area contributed by atoms with Gasteiger partial charge < -0.3 is 0 Å². The van der Waals surface area contributed by atoms with E-state index in [-0.39, 0.29) is 23.8 Å². The smallest absolute Gasteiger partial charge is 0.166 e. The van der Waals surface area contributed by atoms with Crippen LogP contribution in [-0.4, -0.2) is 55.7 Å². The molecule has 0 nitrogen and oxygen atoms in total. The maximum Gasteiger partial charge on any atom is 0.169 e. The molecule has 0 aliphatic rings. The molecular weight excluding hydrogens is 481 g/mol. The fraction of sp³-hybridized carbons (Fsp3) is 1.00. The van der Waals surface area contributed by atoms with Crippen LogP contribution >= 0.6 is 34.8 Å². The zero-order chi connectivity index (χ0) is 26.4. The monoisotopic (exact) mass is 540 g/mol. The average Bonchev–Trinajstić information content (AvgIpc) is 2.41. The Hall–Kier alpha value is 1.80. The van der Waals surface area contributed by atoms with Crippen molar-refractivity contribution in [1.82, 2.24) is 0 Å². The van der Waals surface area contributed by atoms with Crippen molar-refractivity contribution in [3.8, 4) is 0 Å². The minimum Gasteiger partial charge on any atom is -0.166 e. The van der Waals surface area contributed by atoms with Crippen molar-refractivity contribution >= 4 is 42.2 Å². The Kier molecular flexibility index (Phi) is 11.2. The van der Waals surface area contributed by atoms with E-state index in [2.05, 4.69) is 125 Å². The van der Waals surface area contributed by atoms with Gasteiger partial charge in [0.15, 0.2) is 7.38 Å². The van der Waals surface area contributed by atoms with Gasteiger partial charge in [0.25, 0.3) is 0 Å². The second-order valence-corrected chi connectivity index (χ2v) is 35.1. The highest BCUT2D eigenvalue weighted by atomic mass is 35.6. The first-order chi connectivity index (χ1) is 13.5. The van der Waals surface area contributed by atoms with Gasteiger partial charge in [0.2, 0.25) is 0 Å². The fourth-order valence-electron chi connectivity index (χ4n) is 5.44. The second kappa shape index (κ2) is 10.7. The zero-order valence-electron chi connectivity index (χ0n) is 25.3. The maximum atomic E-state index is 8.15. The summed E-state index contributed by atoms with van der Waals surface area (Å²) < 4.78 is 0. The fourth-order valence-corrected chi connectivity index (χ4v) is 36.8. The lowest BCUT2D eigenvalue weighted by Crippen LogP contribution is -2.49. The topological polar surface area (TPSA) is 0 Å². The van der Waals surface area contributed by atoms with Gasteiger partial charge in [-0.2, -0.15) is 11.1 Å². The third kappa shape index (κ3) is 10.8. The van der Waals surface area contributed by atoms with Crippen LogP contribution in [0.25, 0.3) is 0 Å². The molecule has 0 aliphatic carbocycles. The quantitative estimate of drug-likeness (QED) is 0.178. The van der Waals surface area contributed by atoms with Crippen molar-refractivity contribution in [1.29, 1.82) is 0 Å². The van der Waals surface area contributed by atoms with Crippen LogP contribution in [-0.2, 0) is 0 Å². The predicted octanol–water partition coefficient (Wildman–Crippen LogP) is 11.0. The molecule has 0 aromatic rings. The molecule has 0 aliphatic heterocycles. The van der Waals surface area contributed by atoms with Crippen LogP contribution in [0.1, 0.15) is 125 Å². The molecule has 5 heteroatoms. The van der Waals surface area contributed by atoms with Crippen LogP contribution in [0.15, 0.2) is 0 Å². The summed E-state index contributed by atoms with van der Waals surface area (Å²) in [5.41, 5.74) is 0. The Morgan fingerprint density at radius 1 is 0.375 bits per heavy atom. The third-order valence-electron chi connectivity index (χ3n) is 6.18. The highest BCUT2D eigenvalue weighted by Crippen LogP contribution is 2.68. The molecule has 194 valence electrons.